The number of carbonyl (C=O) groups is 3. The third kappa shape index (κ3) is 9.73. The molecule has 0 unspecified atom stereocenters. The lowest BCUT2D eigenvalue weighted by Gasteiger charge is -2.08. The van der Waals surface area contributed by atoms with Crippen LogP contribution >= 0.6 is 0 Å². The van der Waals surface area contributed by atoms with Crippen molar-refractivity contribution >= 4 is 28.0 Å². The Hall–Kier alpha value is -1.76. The van der Waals surface area contributed by atoms with Gasteiger partial charge in [-0.3, -0.25) is 23.8 Å². The number of hydrogen-bond acceptors (Lipinski definition) is 7. The van der Waals surface area contributed by atoms with Gasteiger partial charge in [0.25, 0.3) is 10.1 Å². The zero-order valence-corrected chi connectivity index (χ0v) is 11.6. The number of hydrogen-bond donors (Lipinski definition) is 5. The van der Waals surface area contributed by atoms with Crippen LogP contribution in [0.1, 0.15) is 6.42 Å². The van der Waals surface area contributed by atoms with E-state index in [0.29, 0.717) is 13.1 Å². The quantitative estimate of drug-likeness (QED) is 0.245. The molecule has 0 aromatic rings. The summed E-state index contributed by atoms with van der Waals surface area (Å²) < 4.78 is 28.0. The summed E-state index contributed by atoms with van der Waals surface area (Å²) in [5.41, 5.74) is 4.76. The average molecular weight is 328 g/mol. The minimum Gasteiger partial charge on any atom is -0.481 e. The first kappa shape index (κ1) is 19.2. The number of carboxylic acid groups (broad SMARTS) is 3. The zero-order chi connectivity index (χ0) is 16.8. The van der Waals surface area contributed by atoms with E-state index in [9.17, 15) is 22.8 Å². The molecule has 0 aromatic heterocycles. The molecule has 11 nitrogen and oxygen atoms in total. The van der Waals surface area contributed by atoms with Gasteiger partial charge in [0.1, 0.15) is 17.8 Å². The van der Waals surface area contributed by atoms with Crippen LogP contribution in [0, 0.1) is 0 Å². The molecule has 1 saturated heterocycles. The summed E-state index contributed by atoms with van der Waals surface area (Å²) in [4.78, 5) is 32.1. The number of aliphatic carboxylic acids is 3. The second-order valence-electron chi connectivity index (χ2n) is 4.18. The van der Waals surface area contributed by atoms with Crippen LogP contribution in [0.5, 0.6) is 0 Å². The summed E-state index contributed by atoms with van der Waals surface area (Å²) in [7, 11) is -4.27. The summed E-state index contributed by atoms with van der Waals surface area (Å²) in [6, 6.07) is -2.39. The van der Waals surface area contributed by atoms with Gasteiger partial charge in [-0.25, -0.2) is 0 Å². The van der Waals surface area contributed by atoms with Crippen molar-refractivity contribution in [2.75, 3.05) is 18.8 Å². The van der Waals surface area contributed by atoms with E-state index in [2.05, 4.69) is 0 Å². The van der Waals surface area contributed by atoms with Crippen molar-refractivity contribution < 1.29 is 42.7 Å². The molecule has 1 fully saturated rings. The summed E-state index contributed by atoms with van der Waals surface area (Å²) in [6.45, 7) is 1.40. The molecular weight excluding hydrogens is 312 g/mol. The van der Waals surface area contributed by atoms with E-state index in [4.69, 9.17) is 25.6 Å². The molecule has 0 spiro atoms. The summed E-state index contributed by atoms with van der Waals surface area (Å²) >= 11 is 0. The molecule has 0 aliphatic carbocycles. The molecule has 1 rings (SSSR count). The van der Waals surface area contributed by atoms with Crippen LogP contribution in [0.2, 0.25) is 0 Å². The van der Waals surface area contributed by atoms with E-state index >= 15 is 0 Å². The minimum absolute atomic E-state index is 0.310. The minimum atomic E-state index is -4.27. The van der Waals surface area contributed by atoms with Crippen molar-refractivity contribution in [3.8, 4) is 0 Å². The fraction of sp³-hybridized carbons (Fsp3) is 0.667. The first-order chi connectivity index (χ1) is 9.44. The van der Waals surface area contributed by atoms with Gasteiger partial charge in [0, 0.05) is 13.1 Å². The van der Waals surface area contributed by atoms with Crippen LogP contribution in [0.15, 0.2) is 0 Å². The predicted octanol–water partition coefficient (Wildman–Crippen LogP) is -2.48. The second-order valence-corrected chi connectivity index (χ2v) is 5.68. The van der Waals surface area contributed by atoms with E-state index in [1.54, 1.807) is 4.90 Å². The molecule has 21 heavy (non-hydrogen) atoms. The highest BCUT2D eigenvalue weighted by Gasteiger charge is 2.34. The van der Waals surface area contributed by atoms with Gasteiger partial charge in [0.2, 0.25) is 0 Å². The van der Waals surface area contributed by atoms with Crippen molar-refractivity contribution in [2.45, 2.75) is 18.5 Å². The first-order valence-corrected chi connectivity index (χ1v) is 7.17. The molecule has 0 amide bonds. The van der Waals surface area contributed by atoms with E-state index < -0.39 is 45.9 Å². The SMILES string of the molecule is N[C@@H](CS(=O)(=O)O)C(=O)O.O=C(O)C[C@@H](C(=O)O)N1CC1. The Labute approximate surface area is 119 Å². The monoisotopic (exact) mass is 328 g/mol. The Kier molecular flexibility index (Phi) is 7.21. The standard InChI is InChI=1S/C6H9NO4.C3H7NO5S/c8-5(9)3-4(6(10)11)7-1-2-7;4-2(3(5)6)1-10(7,8)9/h4H,1-3H2,(H,8,9)(H,10,11);2H,1,4H2,(H,5,6)(H,7,8,9)/t4-;2-/m00/s1. The normalized spacial score (nSPS) is 17.0. The Morgan fingerprint density at radius 2 is 1.57 bits per heavy atom. The highest BCUT2D eigenvalue weighted by molar-refractivity contribution is 7.85. The van der Waals surface area contributed by atoms with Crippen LogP contribution in [-0.2, 0) is 24.5 Å². The molecular formula is C9H16N2O9S. The lowest BCUT2D eigenvalue weighted by molar-refractivity contribution is -0.147. The largest absolute Gasteiger partial charge is 0.481 e. The van der Waals surface area contributed by atoms with Gasteiger partial charge in [-0.1, -0.05) is 0 Å². The Morgan fingerprint density at radius 3 is 1.76 bits per heavy atom. The second kappa shape index (κ2) is 7.87. The smallest absolute Gasteiger partial charge is 0.321 e. The average Bonchev–Trinajstić information content (AvgIpc) is 3.07. The van der Waals surface area contributed by atoms with Crippen molar-refractivity contribution in [1.29, 1.82) is 0 Å². The molecule has 6 N–H and O–H groups in total. The molecule has 0 radical (unpaired) electrons. The van der Waals surface area contributed by atoms with Crippen LogP contribution in [0.3, 0.4) is 0 Å². The van der Waals surface area contributed by atoms with Gasteiger partial charge in [-0.05, 0) is 0 Å². The summed E-state index contributed by atoms with van der Waals surface area (Å²) in [5, 5.41) is 24.9. The Bertz CT molecular complexity index is 499. The Balaban J connectivity index is 0.000000384. The molecule has 0 aromatic carbocycles. The summed E-state index contributed by atoms with van der Waals surface area (Å²) in [6.07, 6.45) is -0.310. The van der Waals surface area contributed by atoms with Gasteiger partial charge in [-0.2, -0.15) is 8.42 Å². The van der Waals surface area contributed by atoms with Gasteiger partial charge < -0.3 is 21.1 Å². The van der Waals surface area contributed by atoms with Gasteiger partial charge >= 0.3 is 17.9 Å². The van der Waals surface area contributed by atoms with E-state index in [-0.39, 0.29) is 6.42 Å². The van der Waals surface area contributed by atoms with E-state index in [1.165, 1.54) is 0 Å². The Morgan fingerprint density at radius 1 is 1.10 bits per heavy atom. The number of nitrogens with two attached hydrogens (primary N) is 1. The molecule has 1 aliphatic heterocycles. The van der Waals surface area contributed by atoms with Crippen molar-refractivity contribution in [3.63, 3.8) is 0 Å². The van der Waals surface area contributed by atoms with E-state index in [1.807, 2.05) is 0 Å². The third-order valence-electron chi connectivity index (χ3n) is 2.28. The van der Waals surface area contributed by atoms with Crippen LogP contribution in [0.4, 0.5) is 0 Å². The molecule has 1 aliphatic rings. The van der Waals surface area contributed by atoms with Gasteiger partial charge in [0.15, 0.2) is 0 Å². The molecule has 122 valence electrons. The number of carboxylic acids is 3. The topological polar surface area (TPSA) is 195 Å². The lowest BCUT2D eigenvalue weighted by Crippen LogP contribution is -2.36. The maximum absolute atomic E-state index is 10.4. The van der Waals surface area contributed by atoms with Crippen molar-refractivity contribution in [3.05, 3.63) is 0 Å². The molecule has 1 heterocycles. The van der Waals surface area contributed by atoms with Gasteiger partial charge in [0.05, 0.1) is 6.42 Å². The van der Waals surface area contributed by atoms with Gasteiger partial charge in [-0.15, -0.1) is 0 Å². The van der Waals surface area contributed by atoms with Crippen LogP contribution in [0.25, 0.3) is 0 Å². The van der Waals surface area contributed by atoms with Crippen LogP contribution < -0.4 is 5.73 Å². The highest BCUT2D eigenvalue weighted by atomic mass is 32.2. The first-order valence-electron chi connectivity index (χ1n) is 5.56. The molecule has 2 atom stereocenters. The number of nitrogens with zero attached hydrogens (tertiary/aromatic N) is 1. The number of rotatable bonds is 7. The van der Waals surface area contributed by atoms with E-state index in [0.717, 1.165) is 0 Å². The van der Waals surface area contributed by atoms with Crippen molar-refractivity contribution in [2.24, 2.45) is 5.73 Å². The molecule has 0 bridgehead atoms. The van der Waals surface area contributed by atoms with Crippen molar-refractivity contribution in [1.82, 2.24) is 4.90 Å². The maximum Gasteiger partial charge on any atom is 0.321 e. The zero-order valence-electron chi connectivity index (χ0n) is 10.7. The predicted molar refractivity (Wildman–Crippen MR) is 67.3 cm³/mol. The van der Waals surface area contributed by atoms with Crippen LogP contribution in [-0.4, -0.2) is 82.0 Å². The molecule has 0 saturated carbocycles. The highest BCUT2D eigenvalue weighted by Crippen LogP contribution is 2.13. The molecule has 12 heteroatoms. The lowest BCUT2D eigenvalue weighted by atomic mass is 10.2. The summed E-state index contributed by atoms with van der Waals surface area (Å²) in [5.74, 6) is -4.53. The fourth-order valence-electron chi connectivity index (χ4n) is 1.21. The third-order valence-corrected chi connectivity index (χ3v) is 3.06. The maximum atomic E-state index is 10.4. The fourth-order valence-corrected chi connectivity index (χ4v) is 1.80.